The zero-order valence-electron chi connectivity index (χ0n) is 16.9. The number of para-hydroxylation sites is 1. The fraction of sp³-hybridized carbons (Fsp3) is 0.500. The largest absolute Gasteiger partial charge is 0.330 e. The van der Waals surface area contributed by atoms with E-state index < -0.39 is 6.04 Å². The van der Waals surface area contributed by atoms with Crippen molar-refractivity contribution in [2.24, 2.45) is 17.3 Å². The Labute approximate surface area is 169 Å². The van der Waals surface area contributed by atoms with Gasteiger partial charge in [-0.2, -0.15) is 0 Å². The van der Waals surface area contributed by atoms with Crippen LogP contribution in [0.4, 0.5) is 5.13 Å². The van der Waals surface area contributed by atoms with Crippen molar-refractivity contribution >= 4 is 38.5 Å². The molecule has 148 valence electrons. The van der Waals surface area contributed by atoms with Crippen LogP contribution in [0.3, 0.4) is 0 Å². The number of nitrogens with zero attached hydrogens (tertiary/aromatic N) is 2. The first-order valence-electron chi connectivity index (χ1n) is 9.91. The first kappa shape index (κ1) is 19.1. The molecule has 1 aromatic heterocycles. The molecule has 2 heterocycles. The number of amides is 2. The molecule has 28 heavy (non-hydrogen) atoms. The van der Waals surface area contributed by atoms with Crippen LogP contribution in [0.15, 0.2) is 35.9 Å². The van der Waals surface area contributed by atoms with E-state index in [-0.39, 0.29) is 29.1 Å². The van der Waals surface area contributed by atoms with Crippen LogP contribution < -0.4 is 5.32 Å². The molecule has 0 unspecified atom stereocenters. The van der Waals surface area contributed by atoms with Crippen molar-refractivity contribution in [1.29, 1.82) is 0 Å². The van der Waals surface area contributed by atoms with E-state index in [2.05, 4.69) is 44.1 Å². The third-order valence-electron chi connectivity index (χ3n) is 6.05. The van der Waals surface area contributed by atoms with E-state index >= 15 is 0 Å². The maximum absolute atomic E-state index is 13.2. The van der Waals surface area contributed by atoms with Gasteiger partial charge in [-0.05, 0) is 50.2 Å². The minimum atomic E-state index is -0.400. The van der Waals surface area contributed by atoms with Gasteiger partial charge in [0, 0.05) is 6.54 Å². The lowest BCUT2D eigenvalue weighted by Gasteiger charge is -2.24. The van der Waals surface area contributed by atoms with Crippen molar-refractivity contribution in [3.63, 3.8) is 0 Å². The summed E-state index contributed by atoms with van der Waals surface area (Å²) in [6, 6.07) is 7.43. The molecule has 5 nitrogen and oxygen atoms in total. The molecule has 2 fully saturated rings. The number of hydrogen-bond acceptors (Lipinski definition) is 4. The van der Waals surface area contributed by atoms with Crippen LogP contribution >= 0.6 is 11.3 Å². The third-order valence-corrected chi connectivity index (χ3v) is 7.00. The fourth-order valence-electron chi connectivity index (χ4n) is 4.42. The van der Waals surface area contributed by atoms with Crippen molar-refractivity contribution in [3.05, 3.63) is 35.9 Å². The molecule has 1 N–H and O–H groups in total. The second-order valence-electron chi connectivity index (χ2n) is 8.73. The summed E-state index contributed by atoms with van der Waals surface area (Å²) in [5.41, 5.74) is 2.08. The Kier molecular flexibility index (Phi) is 4.78. The SMILES string of the molecule is CC(C)=C[C@@H]1[C@H](C(=O)N2CCC[C@H]2C(=O)Nc2nc3ccccc3s2)C1(C)C. The summed E-state index contributed by atoms with van der Waals surface area (Å²) in [4.78, 5) is 32.4. The van der Waals surface area contributed by atoms with Gasteiger partial charge in [0.2, 0.25) is 11.8 Å². The average Bonchev–Trinajstić information content (AvgIpc) is 3.06. The van der Waals surface area contributed by atoms with Crippen LogP contribution in [0.2, 0.25) is 0 Å². The Bertz CT molecular complexity index is 925. The Hall–Kier alpha value is -2.21. The number of thiazole rings is 1. The van der Waals surface area contributed by atoms with Gasteiger partial charge in [0.05, 0.1) is 16.1 Å². The molecule has 1 saturated carbocycles. The van der Waals surface area contributed by atoms with E-state index in [4.69, 9.17) is 0 Å². The lowest BCUT2D eigenvalue weighted by Crippen LogP contribution is -2.44. The number of fused-ring (bicyclic) bond motifs is 1. The molecule has 1 aliphatic carbocycles. The standard InChI is InChI=1S/C22H27N3O2S/c1-13(2)12-14-18(22(14,3)4)20(27)25-11-7-9-16(25)19(26)24-21-23-15-8-5-6-10-17(15)28-21/h5-6,8,10,12,14,16,18H,7,9,11H2,1-4H3,(H,23,24,26)/t14-,16+,18-/m1/s1. The predicted octanol–water partition coefficient (Wildman–Crippen LogP) is 4.46. The number of likely N-dealkylation sites (tertiary alicyclic amines) is 1. The van der Waals surface area contributed by atoms with E-state index in [0.29, 0.717) is 18.1 Å². The second kappa shape index (κ2) is 6.99. The van der Waals surface area contributed by atoms with Gasteiger partial charge < -0.3 is 10.2 Å². The third kappa shape index (κ3) is 3.34. The quantitative estimate of drug-likeness (QED) is 0.775. The minimum Gasteiger partial charge on any atom is -0.330 e. The van der Waals surface area contributed by atoms with Gasteiger partial charge in [-0.25, -0.2) is 4.98 Å². The van der Waals surface area contributed by atoms with Crippen molar-refractivity contribution in [3.8, 4) is 0 Å². The molecule has 2 aromatic rings. The maximum atomic E-state index is 13.2. The molecule has 2 aliphatic rings. The van der Waals surface area contributed by atoms with Gasteiger partial charge in [0.15, 0.2) is 5.13 Å². The van der Waals surface area contributed by atoms with E-state index in [9.17, 15) is 9.59 Å². The summed E-state index contributed by atoms with van der Waals surface area (Å²) >= 11 is 1.47. The summed E-state index contributed by atoms with van der Waals surface area (Å²) in [6.07, 6.45) is 3.78. The lowest BCUT2D eigenvalue weighted by atomic mass is 10.1. The van der Waals surface area contributed by atoms with Crippen molar-refractivity contribution in [2.45, 2.75) is 46.6 Å². The summed E-state index contributed by atoms with van der Waals surface area (Å²) in [7, 11) is 0. The molecule has 0 spiro atoms. The highest BCUT2D eigenvalue weighted by molar-refractivity contribution is 7.22. The number of rotatable bonds is 4. The van der Waals surface area contributed by atoms with E-state index in [1.807, 2.05) is 24.3 Å². The predicted molar refractivity (Wildman–Crippen MR) is 113 cm³/mol. The van der Waals surface area contributed by atoms with Gasteiger partial charge >= 0.3 is 0 Å². The van der Waals surface area contributed by atoms with E-state index in [1.54, 1.807) is 4.90 Å². The molecular formula is C22H27N3O2S. The molecule has 3 atom stereocenters. The summed E-state index contributed by atoms with van der Waals surface area (Å²) in [5.74, 6) is 0.230. The highest BCUT2D eigenvalue weighted by Crippen LogP contribution is 2.60. The summed E-state index contributed by atoms with van der Waals surface area (Å²) < 4.78 is 1.04. The van der Waals surface area contributed by atoms with Crippen LogP contribution in [-0.4, -0.2) is 34.3 Å². The van der Waals surface area contributed by atoms with E-state index in [0.717, 1.165) is 16.6 Å². The molecule has 2 amide bonds. The smallest absolute Gasteiger partial charge is 0.248 e. The molecular weight excluding hydrogens is 370 g/mol. The van der Waals surface area contributed by atoms with E-state index in [1.165, 1.54) is 16.9 Å². The van der Waals surface area contributed by atoms with Gasteiger partial charge in [-0.3, -0.25) is 9.59 Å². The van der Waals surface area contributed by atoms with Crippen LogP contribution in [0.25, 0.3) is 10.2 Å². The van der Waals surface area contributed by atoms with Gasteiger partial charge in [0.1, 0.15) is 6.04 Å². The normalized spacial score (nSPS) is 25.6. The highest BCUT2D eigenvalue weighted by atomic mass is 32.1. The second-order valence-corrected chi connectivity index (χ2v) is 9.77. The van der Waals surface area contributed by atoms with Crippen molar-refractivity contribution in [1.82, 2.24) is 9.88 Å². The molecule has 1 aromatic carbocycles. The first-order valence-corrected chi connectivity index (χ1v) is 10.7. The number of anilines is 1. The summed E-state index contributed by atoms with van der Waals surface area (Å²) in [5, 5.41) is 3.54. The topological polar surface area (TPSA) is 62.3 Å². The number of allylic oxidation sites excluding steroid dienone is 2. The van der Waals surface area contributed by atoms with Gasteiger partial charge in [-0.15, -0.1) is 0 Å². The number of carbonyl (C=O) groups excluding carboxylic acids is 2. The number of benzene rings is 1. The van der Waals surface area contributed by atoms with Crippen molar-refractivity contribution in [2.75, 3.05) is 11.9 Å². The Morgan fingerprint density at radius 1 is 1.29 bits per heavy atom. The zero-order chi connectivity index (χ0) is 20.1. The Morgan fingerprint density at radius 2 is 2.04 bits per heavy atom. The molecule has 1 aliphatic heterocycles. The molecule has 0 bridgehead atoms. The lowest BCUT2D eigenvalue weighted by molar-refractivity contribution is -0.138. The highest BCUT2D eigenvalue weighted by Gasteiger charge is 2.62. The average molecular weight is 398 g/mol. The van der Waals surface area contributed by atoms with Crippen LogP contribution in [0.1, 0.15) is 40.5 Å². The number of aromatic nitrogens is 1. The molecule has 6 heteroatoms. The fourth-order valence-corrected chi connectivity index (χ4v) is 5.28. The van der Waals surface area contributed by atoms with Gasteiger partial charge in [-0.1, -0.05) is 49.0 Å². The molecule has 1 saturated heterocycles. The number of hydrogen-bond donors (Lipinski definition) is 1. The monoisotopic (exact) mass is 397 g/mol. The minimum absolute atomic E-state index is 0.0294. The van der Waals surface area contributed by atoms with Crippen LogP contribution in [0, 0.1) is 17.3 Å². The molecule has 4 rings (SSSR count). The Morgan fingerprint density at radius 3 is 2.75 bits per heavy atom. The number of carbonyl (C=O) groups is 2. The summed E-state index contributed by atoms with van der Waals surface area (Å²) in [6.45, 7) is 9.09. The van der Waals surface area contributed by atoms with Gasteiger partial charge in [0.25, 0.3) is 0 Å². The maximum Gasteiger partial charge on any atom is 0.248 e. The number of nitrogens with one attached hydrogen (secondary N) is 1. The van der Waals surface area contributed by atoms with Crippen LogP contribution in [-0.2, 0) is 9.59 Å². The Balaban J connectivity index is 1.48. The first-order chi connectivity index (χ1) is 13.3. The zero-order valence-corrected chi connectivity index (χ0v) is 17.7. The molecule has 0 radical (unpaired) electrons. The van der Waals surface area contributed by atoms with Crippen molar-refractivity contribution < 1.29 is 9.59 Å². The van der Waals surface area contributed by atoms with Crippen LogP contribution in [0.5, 0.6) is 0 Å².